The fraction of sp³-hybridized carbons (Fsp3) is 0.290. The summed E-state index contributed by atoms with van der Waals surface area (Å²) in [4.78, 5) is 27.0. The summed E-state index contributed by atoms with van der Waals surface area (Å²) in [5.74, 6) is 0.677. The largest absolute Gasteiger partial charge is 0.497 e. The Balaban J connectivity index is 1.69. The molecule has 2 atom stereocenters. The van der Waals surface area contributed by atoms with E-state index < -0.39 is 48.0 Å². The molecule has 3 aromatic carbocycles. The van der Waals surface area contributed by atoms with Crippen LogP contribution in [0.3, 0.4) is 0 Å². The molecule has 0 spiro atoms. The van der Waals surface area contributed by atoms with E-state index in [4.69, 9.17) is 14.2 Å². The van der Waals surface area contributed by atoms with Crippen LogP contribution in [-0.2, 0) is 15.1 Å². The van der Waals surface area contributed by atoms with Crippen LogP contribution >= 0.6 is 0 Å². The lowest BCUT2D eigenvalue weighted by Crippen LogP contribution is -2.51. The molecule has 1 aliphatic heterocycles. The van der Waals surface area contributed by atoms with Gasteiger partial charge in [0.05, 0.1) is 26.4 Å². The van der Waals surface area contributed by atoms with Gasteiger partial charge in [-0.3, -0.25) is 14.3 Å². The maximum absolute atomic E-state index is 12.7. The van der Waals surface area contributed by atoms with Crippen molar-refractivity contribution in [2.45, 2.75) is 36.9 Å². The Labute approximate surface area is 231 Å². The van der Waals surface area contributed by atoms with Gasteiger partial charge in [0.1, 0.15) is 23.2 Å². The van der Waals surface area contributed by atoms with E-state index >= 15 is 0 Å². The fourth-order valence-corrected chi connectivity index (χ4v) is 5.34. The standard InChI is InChI=1S/C31H32N2O7/c1-21-18-33(29(37)32-28(21)36)27-17-26(30(19-34,20-35)40-27)39-31(22-9-5-3-6-10-22,23-11-7-4-8-12-23)24-13-15-25(38-2)16-14-24/h3-16,18,26-27,34-35H,17,19-20H2,1-2H3,(H,32,36,37)/t26-,27-/m1/s1. The van der Waals surface area contributed by atoms with Gasteiger partial charge in [-0.25, -0.2) is 4.79 Å². The molecule has 9 heteroatoms. The Morgan fingerprint density at radius 2 is 1.48 bits per heavy atom. The van der Waals surface area contributed by atoms with Crippen molar-refractivity contribution in [1.82, 2.24) is 9.55 Å². The molecule has 9 nitrogen and oxygen atoms in total. The summed E-state index contributed by atoms with van der Waals surface area (Å²) in [7, 11) is 1.60. The first-order valence-electron chi connectivity index (χ1n) is 13.0. The van der Waals surface area contributed by atoms with Crippen LogP contribution < -0.4 is 16.0 Å². The minimum absolute atomic E-state index is 0.115. The molecule has 1 fully saturated rings. The Kier molecular flexibility index (Phi) is 7.73. The van der Waals surface area contributed by atoms with Crippen molar-refractivity contribution in [1.29, 1.82) is 0 Å². The number of hydrogen-bond donors (Lipinski definition) is 3. The van der Waals surface area contributed by atoms with Crippen LogP contribution in [0.4, 0.5) is 0 Å². The number of rotatable bonds is 9. The summed E-state index contributed by atoms with van der Waals surface area (Å²) in [6, 6.07) is 26.9. The molecule has 1 aliphatic rings. The lowest BCUT2D eigenvalue weighted by atomic mass is 9.79. The van der Waals surface area contributed by atoms with Crippen molar-refractivity contribution < 1.29 is 24.4 Å². The minimum Gasteiger partial charge on any atom is -0.497 e. The summed E-state index contributed by atoms with van der Waals surface area (Å²) in [6.45, 7) is 0.455. The van der Waals surface area contributed by atoms with Gasteiger partial charge < -0.3 is 24.4 Å². The number of ether oxygens (including phenoxy) is 3. The highest BCUT2D eigenvalue weighted by Crippen LogP contribution is 2.47. The van der Waals surface area contributed by atoms with Crippen LogP contribution in [0.25, 0.3) is 0 Å². The van der Waals surface area contributed by atoms with Crippen LogP contribution in [0.15, 0.2) is 101 Å². The molecule has 4 aromatic rings. The average molecular weight is 545 g/mol. The number of nitrogens with one attached hydrogen (secondary N) is 1. The van der Waals surface area contributed by atoms with Crippen molar-refractivity contribution in [3.8, 4) is 5.75 Å². The number of aliphatic hydroxyl groups is 2. The highest BCUT2D eigenvalue weighted by Gasteiger charge is 2.54. The highest BCUT2D eigenvalue weighted by molar-refractivity contribution is 5.49. The summed E-state index contributed by atoms with van der Waals surface area (Å²) >= 11 is 0. The number of aromatic nitrogens is 2. The van der Waals surface area contributed by atoms with Crippen molar-refractivity contribution in [2.75, 3.05) is 20.3 Å². The van der Waals surface area contributed by atoms with Crippen LogP contribution in [-0.4, -0.2) is 51.8 Å². The molecule has 40 heavy (non-hydrogen) atoms. The fourth-order valence-electron chi connectivity index (χ4n) is 5.34. The van der Waals surface area contributed by atoms with E-state index in [1.807, 2.05) is 84.9 Å². The second-order valence-electron chi connectivity index (χ2n) is 9.92. The normalized spacial score (nSPS) is 18.5. The Bertz CT molecular complexity index is 1510. The molecule has 0 amide bonds. The lowest BCUT2D eigenvalue weighted by Gasteiger charge is -2.41. The zero-order valence-electron chi connectivity index (χ0n) is 22.3. The zero-order valence-corrected chi connectivity index (χ0v) is 22.3. The van der Waals surface area contributed by atoms with Crippen LogP contribution in [0.1, 0.15) is 34.9 Å². The van der Waals surface area contributed by atoms with Gasteiger partial charge in [0.25, 0.3) is 5.56 Å². The Morgan fingerprint density at radius 3 is 2.00 bits per heavy atom. The van der Waals surface area contributed by atoms with Crippen molar-refractivity contribution in [3.05, 3.63) is 134 Å². The number of nitrogens with zero attached hydrogens (tertiary/aromatic N) is 1. The van der Waals surface area contributed by atoms with E-state index in [2.05, 4.69) is 4.98 Å². The van der Waals surface area contributed by atoms with Gasteiger partial charge in [0.2, 0.25) is 0 Å². The number of benzene rings is 3. The number of aromatic amines is 1. The molecule has 2 heterocycles. The molecule has 0 bridgehead atoms. The zero-order chi connectivity index (χ0) is 28.3. The van der Waals surface area contributed by atoms with Gasteiger partial charge in [-0.05, 0) is 35.7 Å². The van der Waals surface area contributed by atoms with E-state index in [0.717, 1.165) is 16.7 Å². The second kappa shape index (κ2) is 11.2. The molecule has 3 N–H and O–H groups in total. The van der Waals surface area contributed by atoms with Crippen molar-refractivity contribution in [2.24, 2.45) is 0 Å². The molecule has 0 radical (unpaired) electrons. The highest BCUT2D eigenvalue weighted by atomic mass is 16.6. The van der Waals surface area contributed by atoms with E-state index in [1.54, 1.807) is 14.0 Å². The molecule has 0 aliphatic carbocycles. The van der Waals surface area contributed by atoms with Gasteiger partial charge >= 0.3 is 5.69 Å². The van der Waals surface area contributed by atoms with Crippen molar-refractivity contribution >= 4 is 0 Å². The second-order valence-corrected chi connectivity index (χ2v) is 9.92. The predicted octanol–water partition coefficient (Wildman–Crippen LogP) is 2.87. The minimum atomic E-state index is -1.55. The first kappa shape index (κ1) is 27.5. The molecule has 208 valence electrons. The van der Waals surface area contributed by atoms with E-state index in [1.165, 1.54) is 10.8 Å². The van der Waals surface area contributed by atoms with Crippen LogP contribution in [0.2, 0.25) is 0 Å². The van der Waals surface area contributed by atoms with Crippen molar-refractivity contribution in [3.63, 3.8) is 0 Å². The summed E-state index contributed by atoms with van der Waals surface area (Å²) < 4.78 is 20.0. The van der Waals surface area contributed by atoms with Gasteiger partial charge in [-0.1, -0.05) is 72.8 Å². The van der Waals surface area contributed by atoms with Gasteiger partial charge in [0.15, 0.2) is 0 Å². The third-order valence-electron chi connectivity index (χ3n) is 7.54. The molecule has 5 rings (SSSR count). The van der Waals surface area contributed by atoms with Gasteiger partial charge in [-0.15, -0.1) is 0 Å². The molecular weight excluding hydrogens is 512 g/mol. The van der Waals surface area contributed by atoms with E-state index in [0.29, 0.717) is 11.3 Å². The summed E-state index contributed by atoms with van der Waals surface area (Å²) in [6.07, 6.45) is -0.259. The van der Waals surface area contributed by atoms with Crippen LogP contribution in [0, 0.1) is 6.92 Å². The summed E-state index contributed by atoms with van der Waals surface area (Å²) in [5.41, 5.74) is -1.14. The maximum Gasteiger partial charge on any atom is 0.330 e. The lowest BCUT2D eigenvalue weighted by molar-refractivity contribution is -0.180. The first-order chi connectivity index (χ1) is 19.4. The average Bonchev–Trinajstić information content (AvgIpc) is 3.37. The molecule has 0 unspecified atom stereocenters. The van der Waals surface area contributed by atoms with Gasteiger partial charge in [-0.2, -0.15) is 0 Å². The number of methoxy groups -OCH3 is 1. The Morgan fingerprint density at radius 1 is 0.925 bits per heavy atom. The maximum atomic E-state index is 12.7. The summed E-state index contributed by atoms with van der Waals surface area (Å²) in [5, 5.41) is 21.1. The first-order valence-corrected chi connectivity index (χ1v) is 13.0. The predicted molar refractivity (Wildman–Crippen MR) is 148 cm³/mol. The van der Waals surface area contributed by atoms with Crippen LogP contribution in [0.5, 0.6) is 5.75 Å². The molecular formula is C31H32N2O7. The van der Waals surface area contributed by atoms with E-state index in [-0.39, 0.29) is 6.42 Å². The third-order valence-corrected chi connectivity index (χ3v) is 7.54. The number of aryl methyl sites for hydroxylation is 1. The molecule has 1 saturated heterocycles. The molecule has 0 saturated carbocycles. The molecule has 1 aromatic heterocycles. The third kappa shape index (κ3) is 4.77. The SMILES string of the molecule is COc1ccc(C(O[C@@H]2C[C@H](n3cc(C)c(=O)[nH]c3=O)OC2(CO)CO)(c2ccccc2)c2ccccc2)cc1. The topological polar surface area (TPSA) is 123 Å². The number of hydrogen-bond acceptors (Lipinski definition) is 7. The number of H-pyrrole nitrogens is 1. The number of aliphatic hydroxyl groups excluding tert-OH is 2. The smallest absolute Gasteiger partial charge is 0.330 e. The Hall–Kier alpha value is -4.02. The monoisotopic (exact) mass is 544 g/mol. The van der Waals surface area contributed by atoms with E-state index in [9.17, 15) is 19.8 Å². The van der Waals surface area contributed by atoms with Gasteiger partial charge in [0, 0.05) is 18.2 Å². The quantitative estimate of drug-likeness (QED) is 0.277.